The maximum atomic E-state index is 11.3. The highest BCUT2D eigenvalue weighted by atomic mass is 16.1. The number of nitrogens with two attached hydrogens (primary N) is 2. The first-order valence-electron chi connectivity index (χ1n) is 6.31. The zero-order chi connectivity index (χ0) is 13.2. The van der Waals surface area contributed by atoms with Gasteiger partial charge in [0.15, 0.2) is 0 Å². The number of aromatic nitrogens is 2. The van der Waals surface area contributed by atoms with E-state index in [1.54, 1.807) is 6.07 Å². The van der Waals surface area contributed by atoms with Gasteiger partial charge in [0.25, 0.3) is 0 Å². The summed E-state index contributed by atoms with van der Waals surface area (Å²) in [6, 6.07) is 1.79. The molecule has 1 atom stereocenters. The first-order chi connectivity index (χ1) is 8.49. The second-order valence-corrected chi connectivity index (χ2v) is 5.31. The Morgan fingerprint density at radius 2 is 2.33 bits per heavy atom. The molecule has 2 heterocycles. The van der Waals surface area contributed by atoms with Crippen LogP contribution in [0.4, 0.5) is 5.82 Å². The molecule has 0 saturated carbocycles. The van der Waals surface area contributed by atoms with Crippen LogP contribution in [0, 0.1) is 5.41 Å². The summed E-state index contributed by atoms with van der Waals surface area (Å²) in [6.07, 6.45) is 3.74. The van der Waals surface area contributed by atoms with Crippen LogP contribution in [0.2, 0.25) is 0 Å². The third kappa shape index (κ3) is 2.81. The van der Waals surface area contributed by atoms with Gasteiger partial charge in [0.1, 0.15) is 5.82 Å². The molecule has 0 spiro atoms. The fraction of sp³-hybridized carbons (Fsp3) is 0.667. The van der Waals surface area contributed by atoms with Crippen molar-refractivity contribution in [3.8, 4) is 0 Å². The van der Waals surface area contributed by atoms with Crippen molar-refractivity contribution in [2.75, 3.05) is 25.4 Å². The summed E-state index contributed by atoms with van der Waals surface area (Å²) in [4.78, 5) is 13.6. The van der Waals surface area contributed by atoms with Gasteiger partial charge in [-0.25, -0.2) is 0 Å². The molecule has 18 heavy (non-hydrogen) atoms. The minimum absolute atomic E-state index is 0.190. The number of aryl methyl sites for hydroxylation is 1. The van der Waals surface area contributed by atoms with Crippen LogP contribution in [0.15, 0.2) is 12.3 Å². The van der Waals surface area contributed by atoms with E-state index in [9.17, 15) is 4.79 Å². The summed E-state index contributed by atoms with van der Waals surface area (Å²) in [5.41, 5.74) is 10.6. The van der Waals surface area contributed by atoms with Gasteiger partial charge >= 0.3 is 0 Å². The van der Waals surface area contributed by atoms with E-state index in [-0.39, 0.29) is 11.3 Å². The van der Waals surface area contributed by atoms with Crippen LogP contribution in [0.25, 0.3) is 0 Å². The number of nitrogens with zero attached hydrogens (tertiary/aromatic N) is 3. The van der Waals surface area contributed by atoms with Crippen molar-refractivity contribution in [2.45, 2.75) is 26.3 Å². The van der Waals surface area contributed by atoms with Gasteiger partial charge in [-0.15, -0.1) is 0 Å². The monoisotopic (exact) mass is 251 g/mol. The third-order valence-corrected chi connectivity index (χ3v) is 3.67. The van der Waals surface area contributed by atoms with Gasteiger partial charge < -0.3 is 16.4 Å². The lowest BCUT2D eigenvalue weighted by molar-refractivity contribution is -0.126. The molecule has 4 N–H and O–H groups in total. The smallest absolute Gasteiger partial charge is 0.224 e. The maximum absolute atomic E-state index is 11.3. The molecule has 1 aliphatic heterocycles. The minimum atomic E-state index is -0.351. The molecule has 1 aliphatic rings. The highest BCUT2D eigenvalue weighted by Gasteiger charge is 2.38. The molecule has 1 saturated heterocycles. The Morgan fingerprint density at radius 3 is 2.89 bits per heavy atom. The van der Waals surface area contributed by atoms with Crippen LogP contribution in [0.3, 0.4) is 0 Å². The average molecular weight is 251 g/mol. The van der Waals surface area contributed by atoms with Gasteiger partial charge in [-0.1, -0.05) is 0 Å². The van der Waals surface area contributed by atoms with Gasteiger partial charge in [0.05, 0.1) is 5.41 Å². The number of carbonyl (C=O) groups is 1. The topological polar surface area (TPSA) is 90.2 Å². The van der Waals surface area contributed by atoms with E-state index in [4.69, 9.17) is 11.5 Å². The van der Waals surface area contributed by atoms with Crippen molar-refractivity contribution in [3.05, 3.63) is 12.3 Å². The first-order valence-corrected chi connectivity index (χ1v) is 6.31. The maximum Gasteiger partial charge on any atom is 0.224 e. The molecule has 1 aromatic heterocycles. The zero-order valence-electron chi connectivity index (χ0n) is 10.8. The second kappa shape index (κ2) is 4.97. The van der Waals surface area contributed by atoms with E-state index >= 15 is 0 Å². The number of rotatable bonds is 5. The van der Waals surface area contributed by atoms with Gasteiger partial charge in [-0.3, -0.25) is 9.48 Å². The van der Waals surface area contributed by atoms with E-state index in [1.165, 1.54) is 0 Å². The summed E-state index contributed by atoms with van der Waals surface area (Å²) in [6.45, 7) is 5.47. The molecule has 1 unspecified atom stereocenters. The predicted octanol–water partition coefficient (Wildman–Crippen LogP) is 0.0527. The van der Waals surface area contributed by atoms with E-state index in [0.717, 1.165) is 39.0 Å². The lowest BCUT2D eigenvalue weighted by Crippen LogP contribution is -2.37. The third-order valence-electron chi connectivity index (χ3n) is 3.67. The molecule has 0 aliphatic carbocycles. The fourth-order valence-corrected chi connectivity index (χ4v) is 2.41. The van der Waals surface area contributed by atoms with Crippen LogP contribution in [-0.2, 0) is 11.3 Å². The molecule has 0 radical (unpaired) electrons. The highest BCUT2D eigenvalue weighted by Crippen LogP contribution is 2.29. The van der Waals surface area contributed by atoms with Crippen LogP contribution >= 0.6 is 0 Å². The lowest BCUT2D eigenvalue weighted by Gasteiger charge is -2.20. The average Bonchev–Trinajstić information content (AvgIpc) is 2.87. The Bertz CT molecular complexity index is 430. The molecule has 1 fully saturated rings. The number of nitrogen functional groups attached to an aromatic ring is 1. The van der Waals surface area contributed by atoms with Gasteiger partial charge in [0.2, 0.25) is 5.91 Å². The van der Waals surface area contributed by atoms with Crippen LogP contribution in [0.5, 0.6) is 0 Å². The summed E-state index contributed by atoms with van der Waals surface area (Å²) < 4.78 is 1.85. The van der Waals surface area contributed by atoms with Gasteiger partial charge in [-0.2, -0.15) is 5.10 Å². The van der Waals surface area contributed by atoms with Gasteiger partial charge in [0, 0.05) is 19.3 Å². The molecule has 1 amide bonds. The summed E-state index contributed by atoms with van der Waals surface area (Å²) >= 11 is 0. The molecule has 0 aromatic carbocycles. The van der Waals surface area contributed by atoms with Crippen molar-refractivity contribution in [1.82, 2.24) is 14.7 Å². The van der Waals surface area contributed by atoms with E-state index in [2.05, 4.69) is 10.00 Å². The number of carbonyl (C=O) groups excluding carboxylic acids is 1. The van der Waals surface area contributed by atoms with Crippen molar-refractivity contribution in [2.24, 2.45) is 11.1 Å². The summed E-state index contributed by atoms with van der Waals surface area (Å²) in [5, 5.41) is 4.13. The molecule has 6 nitrogen and oxygen atoms in total. The standard InChI is InChI=1S/C12H21N5O/c1-12(11(14)18)4-8-16(9-12)5-2-6-17-7-3-10(13)15-17/h3,7H,2,4-6,8-9H2,1H3,(H2,13,15)(H2,14,18). The van der Waals surface area contributed by atoms with Crippen molar-refractivity contribution in [1.29, 1.82) is 0 Å². The number of primary amides is 1. The Morgan fingerprint density at radius 1 is 1.56 bits per heavy atom. The van der Waals surface area contributed by atoms with Crippen LogP contribution in [0.1, 0.15) is 19.8 Å². The number of anilines is 1. The minimum Gasteiger partial charge on any atom is -0.382 e. The molecule has 1 aromatic rings. The van der Waals surface area contributed by atoms with E-state index in [0.29, 0.717) is 5.82 Å². The molecular weight excluding hydrogens is 230 g/mol. The van der Waals surface area contributed by atoms with Crippen molar-refractivity contribution >= 4 is 11.7 Å². The summed E-state index contributed by atoms with van der Waals surface area (Å²) in [7, 11) is 0. The van der Waals surface area contributed by atoms with Crippen molar-refractivity contribution in [3.63, 3.8) is 0 Å². The van der Waals surface area contributed by atoms with Crippen LogP contribution < -0.4 is 11.5 Å². The highest BCUT2D eigenvalue weighted by molar-refractivity contribution is 5.81. The Labute approximate surface area is 107 Å². The molecule has 100 valence electrons. The van der Waals surface area contributed by atoms with Gasteiger partial charge in [-0.05, 0) is 38.9 Å². The summed E-state index contributed by atoms with van der Waals surface area (Å²) in [5.74, 6) is 0.363. The van der Waals surface area contributed by atoms with Crippen molar-refractivity contribution < 1.29 is 4.79 Å². The lowest BCUT2D eigenvalue weighted by atomic mass is 9.89. The largest absolute Gasteiger partial charge is 0.382 e. The second-order valence-electron chi connectivity index (χ2n) is 5.31. The Kier molecular flexibility index (Phi) is 3.56. The Hall–Kier alpha value is -1.56. The van der Waals surface area contributed by atoms with E-state index < -0.39 is 0 Å². The van der Waals surface area contributed by atoms with Crippen LogP contribution in [-0.4, -0.2) is 40.2 Å². The van der Waals surface area contributed by atoms with E-state index in [1.807, 2.05) is 17.8 Å². The normalized spacial score (nSPS) is 24.5. The fourth-order valence-electron chi connectivity index (χ4n) is 2.41. The Balaban J connectivity index is 1.74. The number of likely N-dealkylation sites (tertiary alicyclic amines) is 1. The molecule has 2 rings (SSSR count). The predicted molar refractivity (Wildman–Crippen MR) is 69.6 cm³/mol. The zero-order valence-corrected chi connectivity index (χ0v) is 10.8. The quantitative estimate of drug-likeness (QED) is 0.774. The molecule has 6 heteroatoms. The molecule has 0 bridgehead atoms. The number of hydrogen-bond acceptors (Lipinski definition) is 4. The SMILES string of the molecule is CC1(C(N)=O)CCN(CCCn2ccc(N)n2)C1. The molecular formula is C12H21N5O. The number of amides is 1. The number of hydrogen-bond donors (Lipinski definition) is 2. The first kappa shape index (κ1) is 12.9.